The number of fused-ring (bicyclic) bond motifs is 9. The third-order valence-corrected chi connectivity index (χ3v) is 10.8. The first-order chi connectivity index (χ1) is 21.7. The maximum atomic E-state index is 16.0. The van der Waals surface area contributed by atoms with Gasteiger partial charge in [0.15, 0.2) is 0 Å². The smallest absolute Gasteiger partial charge is 0.387 e. The number of hydrogen-bond donors (Lipinski definition) is 2. The number of hydrogen-bond acceptors (Lipinski definition) is 7. The van der Waals surface area contributed by atoms with Crippen molar-refractivity contribution >= 4 is 28.3 Å². The van der Waals surface area contributed by atoms with Crippen LogP contribution in [0.15, 0.2) is 48.7 Å². The maximum absolute atomic E-state index is 16.0. The molecule has 9 nitrogen and oxygen atoms in total. The Balaban J connectivity index is 1.29. The highest BCUT2D eigenvalue weighted by Crippen LogP contribution is 2.54. The Morgan fingerprint density at radius 3 is 2.65 bits per heavy atom. The van der Waals surface area contributed by atoms with Gasteiger partial charge in [0, 0.05) is 34.2 Å². The normalized spacial score (nSPS) is 25.7. The number of nitriles is 1. The van der Waals surface area contributed by atoms with Crippen molar-refractivity contribution in [2.24, 2.45) is 5.41 Å². The number of halogens is 3. The van der Waals surface area contributed by atoms with Gasteiger partial charge in [-0.2, -0.15) is 14.0 Å². The van der Waals surface area contributed by atoms with E-state index in [1.165, 1.54) is 18.2 Å². The molecule has 4 heterocycles. The lowest BCUT2D eigenvalue weighted by Crippen LogP contribution is -2.61. The summed E-state index contributed by atoms with van der Waals surface area (Å²) in [5.41, 5.74) is 1.40. The van der Waals surface area contributed by atoms with E-state index in [9.17, 15) is 23.4 Å². The second-order valence-electron chi connectivity index (χ2n) is 13.6. The number of imidazole rings is 1. The van der Waals surface area contributed by atoms with E-state index in [4.69, 9.17) is 9.72 Å². The van der Waals surface area contributed by atoms with Gasteiger partial charge in [0.25, 0.3) is 5.91 Å². The lowest BCUT2D eigenvalue weighted by Gasteiger charge is -2.50. The molecular weight excluding hydrogens is 617 g/mol. The highest BCUT2D eigenvalue weighted by atomic mass is 32.2. The molecule has 3 atom stereocenters. The molecule has 0 spiro atoms. The molecule has 3 aliphatic rings. The summed E-state index contributed by atoms with van der Waals surface area (Å²) in [6.45, 7) is 4.18. The van der Waals surface area contributed by atoms with Crippen molar-refractivity contribution in [3.8, 4) is 22.9 Å². The summed E-state index contributed by atoms with van der Waals surface area (Å²) >= 11 is -1.53. The van der Waals surface area contributed by atoms with Crippen molar-refractivity contribution < 1.29 is 27.3 Å². The van der Waals surface area contributed by atoms with Crippen molar-refractivity contribution in [1.82, 2.24) is 24.6 Å². The summed E-state index contributed by atoms with van der Waals surface area (Å²) in [6, 6.07) is 12.7. The van der Waals surface area contributed by atoms with Gasteiger partial charge in [0.2, 0.25) is 0 Å². The predicted octanol–water partition coefficient (Wildman–Crippen LogP) is 6.19. The monoisotopic (exact) mass is 648 g/mol. The maximum Gasteiger partial charge on any atom is 0.387 e. The summed E-state index contributed by atoms with van der Waals surface area (Å²) in [7, 11) is 0. The van der Waals surface area contributed by atoms with E-state index in [1.807, 2.05) is 31.4 Å². The number of pyridine rings is 1. The van der Waals surface area contributed by atoms with E-state index in [0.717, 1.165) is 0 Å². The Kier molecular flexibility index (Phi) is 6.94. The first kappa shape index (κ1) is 30.5. The molecule has 2 aromatic heterocycles. The summed E-state index contributed by atoms with van der Waals surface area (Å²) in [6.07, 6.45) is 2.48. The standard InChI is InChI=1S/C33H31F3N6O3S/c1-31(2,3)46(44)41-33(14-32(4,15-33)16-37)27-20(34)10-18(13-38-27)17-8-9-21-23(11-17)42-24-12-22(28(42)39-21)40-29(43)19-6-5-7-25(26(19)24)45-30(35)36/h5-11,13,22,24,30,41H,12,14-15H2,1-4H3,(H,40,43)/t22-,24+,32-,33+,46+/m1/s1. The number of benzene rings is 2. The Labute approximate surface area is 266 Å². The molecule has 1 aliphatic carbocycles. The van der Waals surface area contributed by atoms with Gasteiger partial charge in [-0.25, -0.2) is 9.37 Å². The third kappa shape index (κ3) is 4.82. The molecule has 7 rings (SSSR count). The van der Waals surface area contributed by atoms with Crippen LogP contribution in [0.25, 0.3) is 22.2 Å². The third-order valence-electron chi connectivity index (χ3n) is 9.09. The highest BCUT2D eigenvalue weighted by Gasteiger charge is 2.59. The van der Waals surface area contributed by atoms with Crippen molar-refractivity contribution in [2.75, 3.05) is 0 Å². The van der Waals surface area contributed by atoms with Crippen molar-refractivity contribution in [1.29, 1.82) is 5.26 Å². The number of carbonyl (C=O) groups excluding carboxylic acids is 1. The minimum atomic E-state index is -3.07. The number of alkyl halides is 2. The fraction of sp³-hybridized carbons (Fsp3) is 0.394. The van der Waals surface area contributed by atoms with Crippen LogP contribution in [-0.2, 0) is 16.9 Å². The molecule has 4 aromatic rings. The average Bonchev–Trinajstić information content (AvgIpc) is 3.47. The molecule has 0 saturated heterocycles. The minimum absolute atomic E-state index is 0.0700. The molecule has 13 heteroatoms. The van der Waals surface area contributed by atoms with E-state index in [0.29, 0.717) is 40.0 Å². The molecule has 2 aliphatic heterocycles. The number of rotatable bonds is 6. The molecule has 1 saturated carbocycles. The molecule has 2 bridgehead atoms. The van der Waals surface area contributed by atoms with Crippen LogP contribution < -0.4 is 14.8 Å². The summed E-state index contributed by atoms with van der Waals surface area (Å²) < 4.78 is 65.1. The van der Waals surface area contributed by atoms with Crippen molar-refractivity contribution in [2.45, 2.75) is 75.9 Å². The fourth-order valence-electron chi connectivity index (χ4n) is 7.12. The lowest BCUT2D eigenvalue weighted by atomic mass is 9.58. The van der Waals surface area contributed by atoms with Gasteiger partial charge in [-0.1, -0.05) is 12.1 Å². The molecule has 0 radical (unpaired) electrons. The molecule has 1 fully saturated rings. The fourth-order valence-corrected chi connectivity index (χ4v) is 8.02. The van der Waals surface area contributed by atoms with Crippen molar-refractivity contribution in [3.05, 3.63) is 77.1 Å². The zero-order valence-corrected chi connectivity index (χ0v) is 26.3. The van der Waals surface area contributed by atoms with Crippen LogP contribution in [-0.4, -0.2) is 36.4 Å². The quantitative estimate of drug-likeness (QED) is 0.239. The highest BCUT2D eigenvalue weighted by molar-refractivity contribution is 7.90. The molecule has 0 unspecified atom stereocenters. The van der Waals surface area contributed by atoms with Gasteiger partial charge in [0.05, 0.1) is 34.6 Å². The van der Waals surface area contributed by atoms with Gasteiger partial charge in [-0.15, -0.1) is 4.72 Å². The molecule has 2 N–H and O–H groups in total. The van der Waals surface area contributed by atoms with Gasteiger partial charge < -0.3 is 19.2 Å². The second-order valence-corrected chi connectivity index (χ2v) is 15.5. The first-order valence-electron chi connectivity index (χ1n) is 14.9. The second kappa shape index (κ2) is 10.4. The van der Waals surface area contributed by atoms with Crippen LogP contribution in [0.4, 0.5) is 13.2 Å². The number of aromatic nitrogens is 3. The number of carbonyl (C=O) groups is 1. The predicted molar refractivity (Wildman–Crippen MR) is 165 cm³/mol. The van der Waals surface area contributed by atoms with Crippen LogP contribution in [0.1, 0.15) is 86.5 Å². The molecular formula is C33H31F3N6O3S. The summed E-state index contributed by atoms with van der Waals surface area (Å²) in [5, 5.41) is 12.6. The zero-order chi connectivity index (χ0) is 32.8. The van der Waals surface area contributed by atoms with E-state index >= 15 is 4.39 Å². The molecule has 46 heavy (non-hydrogen) atoms. The number of amides is 1. The van der Waals surface area contributed by atoms with Gasteiger partial charge >= 0.3 is 6.61 Å². The Morgan fingerprint density at radius 1 is 1.22 bits per heavy atom. The van der Waals surface area contributed by atoms with Gasteiger partial charge in [-0.05, 0) is 82.9 Å². The summed E-state index contributed by atoms with van der Waals surface area (Å²) in [5.74, 6) is -0.456. The van der Waals surface area contributed by atoms with Gasteiger partial charge in [0.1, 0.15) is 33.4 Å². The van der Waals surface area contributed by atoms with E-state index in [2.05, 4.69) is 21.1 Å². The molecule has 2 aromatic carbocycles. The van der Waals surface area contributed by atoms with Crippen LogP contribution in [0.5, 0.6) is 5.75 Å². The average molecular weight is 649 g/mol. The van der Waals surface area contributed by atoms with E-state index in [-0.39, 0.29) is 35.8 Å². The molecule has 1 amide bonds. The minimum Gasteiger partial charge on any atom is -0.598 e. The Hall–Kier alpha value is -4.12. The SMILES string of the molecule is CC(C)(C)[S@+]([O-])N[C@]1(c2ncc(-c3ccc4nc5n(c4c3)[C@H]3C[C@H]5NC(=O)c4cccc(OC(F)F)c43)cc2F)C[C@](C)(C#N)C1. The topological polar surface area (TPSA) is 128 Å². The first-order valence-corrected chi connectivity index (χ1v) is 16.0. The Bertz CT molecular complexity index is 1950. The molecule has 238 valence electrons. The van der Waals surface area contributed by atoms with Crippen LogP contribution in [0.2, 0.25) is 0 Å². The van der Waals surface area contributed by atoms with Crippen LogP contribution in [0.3, 0.4) is 0 Å². The lowest BCUT2D eigenvalue weighted by molar-refractivity contribution is -0.0507. The van der Waals surface area contributed by atoms with Crippen LogP contribution >= 0.6 is 0 Å². The van der Waals surface area contributed by atoms with Gasteiger partial charge in [-0.3, -0.25) is 9.78 Å². The number of ether oxygens (including phenoxy) is 1. The summed E-state index contributed by atoms with van der Waals surface area (Å²) in [4.78, 5) is 22.3. The number of nitrogens with zero attached hydrogens (tertiary/aromatic N) is 4. The number of nitrogens with one attached hydrogen (secondary N) is 2. The van der Waals surface area contributed by atoms with Crippen LogP contribution in [0, 0.1) is 22.6 Å². The van der Waals surface area contributed by atoms with E-state index < -0.39 is 51.6 Å². The zero-order valence-electron chi connectivity index (χ0n) is 25.5. The van der Waals surface area contributed by atoms with E-state index in [1.54, 1.807) is 31.3 Å². The largest absolute Gasteiger partial charge is 0.598 e. The Morgan fingerprint density at radius 2 is 1.98 bits per heavy atom. The van der Waals surface area contributed by atoms with Crippen molar-refractivity contribution in [3.63, 3.8) is 0 Å².